The van der Waals surface area contributed by atoms with Gasteiger partial charge in [0, 0.05) is 22.6 Å². The van der Waals surface area contributed by atoms with Crippen molar-refractivity contribution in [3.05, 3.63) is 69.8 Å². The van der Waals surface area contributed by atoms with Crippen LogP contribution in [-0.4, -0.2) is 15.7 Å². The molecule has 0 unspecified atom stereocenters. The first-order valence-corrected chi connectivity index (χ1v) is 8.74. The number of aryl methyl sites for hydroxylation is 2. The zero-order valence-corrected chi connectivity index (χ0v) is 16.0. The average molecular weight is 438 g/mol. The van der Waals surface area contributed by atoms with Gasteiger partial charge in [-0.25, -0.2) is 0 Å². The number of carbonyl (C=O) groups is 1. The maximum Gasteiger partial charge on any atom is 0.416 e. The third-order valence-corrected chi connectivity index (χ3v) is 4.57. The molecule has 1 amide bonds. The molecule has 0 fully saturated rings. The molecule has 1 heterocycles. The summed E-state index contributed by atoms with van der Waals surface area (Å²) in [4.78, 5) is 12.6. The quantitative estimate of drug-likeness (QED) is 0.593. The maximum absolute atomic E-state index is 12.9. The molecule has 0 radical (unpaired) electrons. The molecule has 0 bridgehead atoms. The molecule has 27 heavy (non-hydrogen) atoms. The number of halogens is 4. The number of nitrogens with zero attached hydrogens (tertiary/aromatic N) is 2. The Morgan fingerprint density at radius 3 is 2.44 bits per heavy atom. The van der Waals surface area contributed by atoms with Crippen LogP contribution in [0.4, 0.5) is 19.0 Å². The van der Waals surface area contributed by atoms with Crippen molar-refractivity contribution in [1.29, 1.82) is 0 Å². The molecule has 1 N–H and O–H groups in total. The highest BCUT2D eigenvalue weighted by molar-refractivity contribution is 9.10. The lowest BCUT2D eigenvalue weighted by atomic mass is 10.1. The predicted molar refractivity (Wildman–Crippen MR) is 100 cm³/mol. The highest BCUT2D eigenvalue weighted by Gasteiger charge is 2.31. The van der Waals surface area contributed by atoms with E-state index in [2.05, 4.69) is 26.3 Å². The largest absolute Gasteiger partial charge is 0.416 e. The van der Waals surface area contributed by atoms with Crippen molar-refractivity contribution in [1.82, 2.24) is 9.78 Å². The van der Waals surface area contributed by atoms with Crippen LogP contribution in [0.5, 0.6) is 0 Å². The molecule has 0 spiro atoms. The van der Waals surface area contributed by atoms with E-state index in [9.17, 15) is 18.0 Å². The zero-order valence-electron chi connectivity index (χ0n) is 14.4. The van der Waals surface area contributed by atoms with E-state index >= 15 is 0 Å². The van der Waals surface area contributed by atoms with Crippen LogP contribution in [0.1, 0.15) is 21.6 Å². The van der Waals surface area contributed by atoms with Gasteiger partial charge in [-0.05, 0) is 42.8 Å². The SMILES string of the molecule is Cc1nn(C)c(NC(=O)c2cccc(C(F)(F)F)c2)c1-c1ccc(Br)cc1. The number of rotatable bonds is 3. The minimum Gasteiger partial charge on any atom is -0.306 e. The fourth-order valence-electron chi connectivity index (χ4n) is 2.78. The smallest absolute Gasteiger partial charge is 0.306 e. The molecule has 3 rings (SSSR count). The van der Waals surface area contributed by atoms with E-state index in [-0.39, 0.29) is 5.56 Å². The van der Waals surface area contributed by atoms with E-state index in [0.29, 0.717) is 17.1 Å². The summed E-state index contributed by atoms with van der Waals surface area (Å²) in [5.41, 5.74) is 1.29. The van der Waals surface area contributed by atoms with Gasteiger partial charge in [-0.2, -0.15) is 18.3 Å². The molecule has 0 atom stereocenters. The van der Waals surface area contributed by atoms with E-state index in [1.807, 2.05) is 24.3 Å². The summed E-state index contributed by atoms with van der Waals surface area (Å²) in [6.45, 7) is 1.80. The number of hydrogen-bond donors (Lipinski definition) is 1. The monoisotopic (exact) mass is 437 g/mol. The predicted octanol–water partition coefficient (Wildman–Crippen LogP) is 5.43. The number of nitrogens with one attached hydrogen (secondary N) is 1. The summed E-state index contributed by atoms with van der Waals surface area (Å²) in [6.07, 6.45) is -4.51. The molecule has 0 aliphatic carbocycles. The Kier molecular flexibility index (Phi) is 5.10. The molecular formula is C19H15BrF3N3O. The van der Waals surface area contributed by atoms with Gasteiger partial charge < -0.3 is 5.32 Å². The van der Waals surface area contributed by atoms with Crippen molar-refractivity contribution in [2.75, 3.05) is 5.32 Å². The van der Waals surface area contributed by atoms with Crippen LogP contribution in [0.3, 0.4) is 0 Å². The first-order chi connectivity index (χ1) is 12.7. The maximum atomic E-state index is 12.9. The van der Waals surface area contributed by atoms with Crippen molar-refractivity contribution < 1.29 is 18.0 Å². The molecule has 0 saturated carbocycles. The molecular weight excluding hydrogens is 423 g/mol. The Labute approximate surface area is 162 Å². The number of hydrogen-bond acceptors (Lipinski definition) is 2. The third-order valence-electron chi connectivity index (χ3n) is 4.04. The second-order valence-electron chi connectivity index (χ2n) is 5.97. The van der Waals surface area contributed by atoms with Crippen molar-refractivity contribution in [3.63, 3.8) is 0 Å². The Hall–Kier alpha value is -2.61. The first-order valence-electron chi connectivity index (χ1n) is 7.95. The number of alkyl halides is 3. The standard InChI is InChI=1S/C19H15BrF3N3O/c1-11-16(12-6-8-15(20)9-7-12)17(26(2)25-11)24-18(27)13-4-3-5-14(10-13)19(21,22)23/h3-10H,1-2H3,(H,24,27). The van der Waals surface area contributed by atoms with Crippen LogP contribution < -0.4 is 5.32 Å². The second kappa shape index (κ2) is 7.19. The van der Waals surface area contributed by atoms with Crippen LogP contribution in [0.25, 0.3) is 11.1 Å². The van der Waals surface area contributed by atoms with Gasteiger partial charge >= 0.3 is 6.18 Å². The van der Waals surface area contributed by atoms with Gasteiger partial charge in [0.1, 0.15) is 5.82 Å². The lowest BCUT2D eigenvalue weighted by molar-refractivity contribution is -0.137. The molecule has 8 heteroatoms. The average Bonchev–Trinajstić information content (AvgIpc) is 2.88. The lowest BCUT2D eigenvalue weighted by Gasteiger charge is -2.11. The highest BCUT2D eigenvalue weighted by atomic mass is 79.9. The summed E-state index contributed by atoms with van der Waals surface area (Å²) in [5.74, 6) is -0.223. The normalized spacial score (nSPS) is 11.5. The summed E-state index contributed by atoms with van der Waals surface area (Å²) in [6, 6.07) is 11.8. The summed E-state index contributed by atoms with van der Waals surface area (Å²) in [7, 11) is 1.66. The van der Waals surface area contributed by atoms with E-state index in [1.54, 1.807) is 14.0 Å². The zero-order chi connectivity index (χ0) is 19.8. The van der Waals surface area contributed by atoms with E-state index < -0.39 is 17.6 Å². The van der Waals surface area contributed by atoms with Crippen LogP contribution in [0.2, 0.25) is 0 Å². The van der Waals surface area contributed by atoms with Crippen molar-refractivity contribution in [2.24, 2.45) is 7.05 Å². The Morgan fingerprint density at radius 2 is 1.81 bits per heavy atom. The van der Waals surface area contributed by atoms with E-state index in [1.165, 1.54) is 16.8 Å². The van der Waals surface area contributed by atoms with Crippen LogP contribution >= 0.6 is 15.9 Å². The molecule has 4 nitrogen and oxygen atoms in total. The number of amides is 1. The molecule has 1 aromatic heterocycles. The van der Waals surface area contributed by atoms with Crippen molar-refractivity contribution >= 4 is 27.7 Å². The van der Waals surface area contributed by atoms with Crippen molar-refractivity contribution in [3.8, 4) is 11.1 Å². The van der Waals surface area contributed by atoms with E-state index in [0.717, 1.165) is 22.2 Å². The fourth-order valence-corrected chi connectivity index (χ4v) is 3.04. The van der Waals surface area contributed by atoms with Crippen LogP contribution in [-0.2, 0) is 13.2 Å². The molecule has 0 aliphatic rings. The lowest BCUT2D eigenvalue weighted by Crippen LogP contribution is -2.16. The van der Waals surface area contributed by atoms with Gasteiger partial charge in [-0.1, -0.05) is 34.1 Å². The van der Waals surface area contributed by atoms with Gasteiger partial charge in [0.05, 0.1) is 11.3 Å². The summed E-state index contributed by atoms with van der Waals surface area (Å²) in [5, 5.41) is 7.01. The topological polar surface area (TPSA) is 46.9 Å². The number of anilines is 1. The molecule has 0 aliphatic heterocycles. The number of carbonyl (C=O) groups excluding carboxylic acids is 1. The highest BCUT2D eigenvalue weighted by Crippen LogP contribution is 2.33. The van der Waals surface area contributed by atoms with Gasteiger partial charge in [-0.3, -0.25) is 9.48 Å². The van der Waals surface area contributed by atoms with Crippen LogP contribution in [0, 0.1) is 6.92 Å². The Morgan fingerprint density at radius 1 is 1.15 bits per heavy atom. The summed E-state index contributed by atoms with van der Waals surface area (Å²) >= 11 is 3.37. The van der Waals surface area contributed by atoms with Gasteiger partial charge in [0.25, 0.3) is 5.91 Å². The summed E-state index contributed by atoms with van der Waals surface area (Å²) < 4.78 is 41.1. The van der Waals surface area contributed by atoms with Gasteiger partial charge in [0.15, 0.2) is 0 Å². The molecule has 3 aromatic rings. The Bertz CT molecular complexity index is 994. The molecule has 140 valence electrons. The first kappa shape index (κ1) is 19.2. The number of benzene rings is 2. The van der Waals surface area contributed by atoms with E-state index in [4.69, 9.17) is 0 Å². The minimum atomic E-state index is -4.51. The van der Waals surface area contributed by atoms with Gasteiger partial charge in [0.2, 0.25) is 0 Å². The molecule has 2 aromatic carbocycles. The Balaban J connectivity index is 1.97. The fraction of sp³-hybridized carbons (Fsp3) is 0.158. The number of aromatic nitrogens is 2. The van der Waals surface area contributed by atoms with Gasteiger partial charge in [-0.15, -0.1) is 0 Å². The van der Waals surface area contributed by atoms with Crippen LogP contribution in [0.15, 0.2) is 53.0 Å². The second-order valence-corrected chi connectivity index (χ2v) is 6.89. The minimum absolute atomic E-state index is 0.0783. The van der Waals surface area contributed by atoms with Crippen molar-refractivity contribution in [2.45, 2.75) is 13.1 Å². The molecule has 0 saturated heterocycles. The third kappa shape index (κ3) is 4.05.